The van der Waals surface area contributed by atoms with Gasteiger partial charge in [0.25, 0.3) is 5.91 Å². The molecule has 1 unspecified atom stereocenters. The second kappa shape index (κ2) is 11.3. The summed E-state index contributed by atoms with van der Waals surface area (Å²) in [6, 6.07) is 6.70. The number of ether oxygens (including phenoxy) is 2. The van der Waals surface area contributed by atoms with Gasteiger partial charge < -0.3 is 14.4 Å². The molecule has 1 aromatic carbocycles. The van der Waals surface area contributed by atoms with Gasteiger partial charge in [0.1, 0.15) is 0 Å². The molecule has 1 aliphatic heterocycles. The number of hydrogen-bond acceptors (Lipinski definition) is 7. The van der Waals surface area contributed by atoms with Crippen molar-refractivity contribution in [3.8, 4) is 11.5 Å². The first-order valence-electron chi connectivity index (χ1n) is 10.9. The summed E-state index contributed by atoms with van der Waals surface area (Å²) in [7, 11) is 1.53. The van der Waals surface area contributed by atoms with Crippen LogP contribution in [0.25, 0.3) is 0 Å². The van der Waals surface area contributed by atoms with E-state index >= 15 is 0 Å². The molecule has 1 saturated heterocycles. The van der Waals surface area contributed by atoms with Crippen LogP contribution in [0.5, 0.6) is 11.5 Å². The van der Waals surface area contributed by atoms with Crippen LogP contribution in [0.1, 0.15) is 43.5 Å². The average molecular weight is 442 g/mol. The summed E-state index contributed by atoms with van der Waals surface area (Å²) in [5.41, 5.74) is 5.40. The number of hydrazine groups is 1. The molecule has 0 spiro atoms. The monoisotopic (exact) mass is 441 g/mol. The van der Waals surface area contributed by atoms with Crippen molar-refractivity contribution in [3.63, 3.8) is 0 Å². The molecule has 1 aromatic heterocycles. The van der Waals surface area contributed by atoms with Gasteiger partial charge in [-0.2, -0.15) is 0 Å². The van der Waals surface area contributed by atoms with E-state index in [1.807, 2.05) is 4.90 Å². The Labute approximate surface area is 188 Å². The maximum atomic E-state index is 12.6. The van der Waals surface area contributed by atoms with Crippen molar-refractivity contribution in [1.29, 1.82) is 0 Å². The Kier molecular flexibility index (Phi) is 8.24. The summed E-state index contributed by atoms with van der Waals surface area (Å²) in [5.74, 6) is 1.27. The maximum absolute atomic E-state index is 12.6. The van der Waals surface area contributed by atoms with Gasteiger partial charge in [-0.05, 0) is 49.4 Å². The molecule has 3 rings (SSSR count). The minimum absolute atomic E-state index is 0.236. The zero-order chi connectivity index (χ0) is 22.9. The highest BCUT2D eigenvalue weighted by Crippen LogP contribution is 2.28. The zero-order valence-corrected chi connectivity index (χ0v) is 18.8. The first-order valence-corrected chi connectivity index (χ1v) is 10.9. The Hall–Kier alpha value is -3.36. The topological polar surface area (TPSA) is 106 Å². The lowest BCUT2D eigenvalue weighted by atomic mass is 9.98. The summed E-state index contributed by atoms with van der Waals surface area (Å²) in [6.45, 7) is 6.13. The van der Waals surface area contributed by atoms with E-state index in [1.54, 1.807) is 36.7 Å². The van der Waals surface area contributed by atoms with Gasteiger partial charge in [-0.1, -0.05) is 13.8 Å². The number of carbonyl (C=O) groups is 2. The Morgan fingerprint density at radius 2 is 1.97 bits per heavy atom. The van der Waals surface area contributed by atoms with Gasteiger partial charge >= 0.3 is 0 Å². The van der Waals surface area contributed by atoms with Gasteiger partial charge in [0.05, 0.1) is 19.6 Å². The molecule has 172 valence electrons. The highest BCUT2D eigenvalue weighted by atomic mass is 16.5. The number of nitrogens with one attached hydrogen (secondary N) is 2. The van der Waals surface area contributed by atoms with Crippen molar-refractivity contribution >= 4 is 17.8 Å². The minimum atomic E-state index is -0.426. The summed E-state index contributed by atoms with van der Waals surface area (Å²) in [5, 5.41) is 0. The molecule has 2 N–H and O–H groups in total. The number of nitrogens with zero attached hydrogens (tertiary/aromatic N) is 3. The van der Waals surface area contributed by atoms with Crippen molar-refractivity contribution in [2.75, 3.05) is 31.7 Å². The first kappa shape index (κ1) is 23.3. The number of anilines is 1. The number of amides is 2. The SMILES string of the molecule is COc1cc(C(=O)NNC(=O)C2CCCN(c3ncccn3)C2)ccc1OCCC(C)C. The van der Waals surface area contributed by atoms with E-state index in [2.05, 4.69) is 34.7 Å². The van der Waals surface area contributed by atoms with Crippen LogP contribution in [-0.2, 0) is 4.79 Å². The van der Waals surface area contributed by atoms with Gasteiger partial charge in [0, 0.05) is 31.0 Å². The Morgan fingerprint density at radius 1 is 1.19 bits per heavy atom. The van der Waals surface area contributed by atoms with E-state index in [4.69, 9.17) is 9.47 Å². The molecule has 0 radical (unpaired) electrons. The van der Waals surface area contributed by atoms with Crippen LogP contribution in [0.3, 0.4) is 0 Å². The standard InChI is InChI=1S/C23H31N5O4/c1-16(2)9-13-32-19-8-7-17(14-20(19)31-3)21(29)26-27-22(30)18-6-4-12-28(15-18)23-24-10-5-11-25-23/h5,7-8,10-11,14,16,18H,4,6,9,12-13,15H2,1-3H3,(H,26,29)(H,27,30). The molecule has 0 bridgehead atoms. The predicted octanol–water partition coefficient (Wildman–Crippen LogP) is 2.59. The third-order valence-corrected chi connectivity index (χ3v) is 5.30. The normalized spacial score (nSPS) is 15.9. The van der Waals surface area contributed by atoms with E-state index in [9.17, 15) is 9.59 Å². The molecule has 0 saturated carbocycles. The molecule has 2 heterocycles. The molecule has 0 aliphatic carbocycles. The second-order valence-corrected chi connectivity index (χ2v) is 8.17. The van der Waals surface area contributed by atoms with Crippen molar-refractivity contribution < 1.29 is 19.1 Å². The van der Waals surface area contributed by atoms with Crippen molar-refractivity contribution in [3.05, 3.63) is 42.2 Å². The predicted molar refractivity (Wildman–Crippen MR) is 121 cm³/mol. The van der Waals surface area contributed by atoms with Crippen LogP contribution >= 0.6 is 0 Å². The Balaban J connectivity index is 1.53. The Morgan fingerprint density at radius 3 is 2.69 bits per heavy atom. The number of methoxy groups -OCH3 is 1. The molecule has 1 fully saturated rings. The van der Waals surface area contributed by atoms with Gasteiger partial charge in [-0.3, -0.25) is 20.4 Å². The van der Waals surface area contributed by atoms with E-state index < -0.39 is 5.91 Å². The summed E-state index contributed by atoms with van der Waals surface area (Å²) >= 11 is 0. The summed E-state index contributed by atoms with van der Waals surface area (Å²) in [6.07, 6.45) is 5.87. The molecule has 2 amide bonds. The lowest BCUT2D eigenvalue weighted by Crippen LogP contribution is -2.49. The molecule has 1 atom stereocenters. The highest BCUT2D eigenvalue weighted by Gasteiger charge is 2.27. The van der Waals surface area contributed by atoms with E-state index in [-0.39, 0.29) is 11.8 Å². The van der Waals surface area contributed by atoms with Crippen LogP contribution in [0.2, 0.25) is 0 Å². The molecule has 9 heteroatoms. The van der Waals surface area contributed by atoms with E-state index in [1.165, 1.54) is 7.11 Å². The molecule has 2 aromatic rings. The molecular formula is C23H31N5O4. The van der Waals surface area contributed by atoms with Crippen LogP contribution in [-0.4, -0.2) is 48.6 Å². The quantitative estimate of drug-likeness (QED) is 0.607. The zero-order valence-electron chi connectivity index (χ0n) is 18.8. The second-order valence-electron chi connectivity index (χ2n) is 8.17. The van der Waals surface area contributed by atoms with Gasteiger partial charge in [-0.15, -0.1) is 0 Å². The van der Waals surface area contributed by atoms with Crippen molar-refractivity contribution in [2.24, 2.45) is 11.8 Å². The molecule has 32 heavy (non-hydrogen) atoms. The molecule has 1 aliphatic rings. The number of piperidine rings is 1. The minimum Gasteiger partial charge on any atom is -0.493 e. The van der Waals surface area contributed by atoms with Crippen LogP contribution < -0.4 is 25.2 Å². The van der Waals surface area contributed by atoms with Crippen LogP contribution in [0, 0.1) is 11.8 Å². The first-order chi connectivity index (χ1) is 15.5. The molecule has 9 nitrogen and oxygen atoms in total. The largest absolute Gasteiger partial charge is 0.493 e. The average Bonchev–Trinajstić information content (AvgIpc) is 2.82. The third-order valence-electron chi connectivity index (χ3n) is 5.30. The maximum Gasteiger partial charge on any atom is 0.269 e. The van der Waals surface area contributed by atoms with Gasteiger partial charge in [0.15, 0.2) is 11.5 Å². The third kappa shape index (κ3) is 6.32. The van der Waals surface area contributed by atoms with Gasteiger partial charge in [0.2, 0.25) is 11.9 Å². The van der Waals surface area contributed by atoms with Crippen LogP contribution in [0.15, 0.2) is 36.7 Å². The fraction of sp³-hybridized carbons (Fsp3) is 0.478. The van der Waals surface area contributed by atoms with Gasteiger partial charge in [-0.25, -0.2) is 9.97 Å². The van der Waals surface area contributed by atoms with E-state index in [0.29, 0.717) is 42.1 Å². The lowest BCUT2D eigenvalue weighted by Gasteiger charge is -2.31. The fourth-order valence-corrected chi connectivity index (χ4v) is 3.45. The summed E-state index contributed by atoms with van der Waals surface area (Å²) in [4.78, 5) is 35.7. The number of hydrogen-bond donors (Lipinski definition) is 2. The Bertz CT molecular complexity index is 907. The lowest BCUT2D eigenvalue weighted by molar-refractivity contribution is -0.126. The number of rotatable bonds is 8. The van der Waals surface area contributed by atoms with Crippen LogP contribution in [0.4, 0.5) is 5.95 Å². The van der Waals surface area contributed by atoms with Crippen molar-refractivity contribution in [1.82, 2.24) is 20.8 Å². The fourth-order valence-electron chi connectivity index (χ4n) is 3.45. The number of carbonyl (C=O) groups excluding carboxylic acids is 2. The number of aromatic nitrogens is 2. The summed E-state index contributed by atoms with van der Waals surface area (Å²) < 4.78 is 11.1. The van der Waals surface area contributed by atoms with Crippen molar-refractivity contribution in [2.45, 2.75) is 33.1 Å². The highest BCUT2D eigenvalue weighted by molar-refractivity contribution is 5.96. The molecular weight excluding hydrogens is 410 g/mol. The number of benzene rings is 1. The smallest absolute Gasteiger partial charge is 0.269 e. The van der Waals surface area contributed by atoms with E-state index in [0.717, 1.165) is 25.8 Å².